The number of ether oxygens (including phenoxy) is 1. The molecule has 8 nitrogen and oxygen atoms in total. The van der Waals surface area contributed by atoms with Gasteiger partial charge >= 0.3 is 0 Å². The Balaban J connectivity index is 1.77. The first-order chi connectivity index (χ1) is 18.0. The Morgan fingerprint density at radius 1 is 1.13 bits per heavy atom. The summed E-state index contributed by atoms with van der Waals surface area (Å²) >= 11 is 0. The average molecular weight is 536 g/mol. The van der Waals surface area contributed by atoms with E-state index >= 15 is 0 Å². The van der Waals surface area contributed by atoms with E-state index in [2.05, 4.69) is 24.6 Å². The molecular formula is C28H34FN5O3Si. The third-order valence-electron chi connectivity index (χ3n) is 6.36. The van der Waals surface area contributed by atoms with Gasteiger partial charge < -0.3 is 25.0 Å². The number of aromatic nitrogens is 3. The molecule has 0 aliphatic rings. The molecule has 0 radical (unpaired) electrons. The number of aliphatic hydroxyl groups is 1. The lowest BCUT2D eigenvalue weighted by atomic mass is 10.0. The van der Waals surface area contributed by atoms with E-state index in [0.29, 0.717) is 41.2 Å². The van der Waals surface area contributed by atoms with Gasteiger partial charge in [0, 0.05) is 80.6 Å². The summed E-state index contributed by atoms with van der Waals surface area (Å²) in [5.74, 6) is -0.769. The molecular weight excluding hydrogens is 501 g/mol. The van der Waals surface area contributed by atoms with Gasteiger partial charge in [-0.2, -0.15) is 0 Å². The number of fused-ring (bicyclic) bond motifs is 1. The largest absolute Gasteiger partial charge is 0.383 e. The number of amides is 1. The Labute approximate surface area is 222 Å². The highest BCUT2D eigenvalue weighted by Crippen LogP contribution is 2.35. The summed E-state index contributed by atoms with van der Waals surface area (Å²) in [4.78, 5) is 22.5. The van der Waals surface area contributed by atoms with E-state index in [1.165, 1.54) is 11.0 Å². The van der Waals surface area contributed by atoms with Crippen LogP contribution in [-0.2, 0) is 16.3 Å². The third kappa shape index (κ3) is 5.93. The van der Waals surface area contributed by atoms with E-state index in [9.17, 15) is 14.3 Å². The Morgan fingerprint density at radius 3 is 2.50 bits per heavy atom. The quantitative estimate of drug-likeness (QED) is 0.233. The molecule has 1 atom stereocenters. The molecule has 0 bridgehead atoms. The number of likely N-dealkylation sites (N-methyl/N-ethyl adjacent to an activating group) is 1. The minimum absolute atomic E-state index is 0.0687. The van der Waals surface area contributed by atoms with E-state index in [4.69, 9.17) is 15.5 Å². The van der Waals surface area contributed by atoms with Gasteiger partial charge in [0.25, 0.3) is 5.91 Å². The molecule has 0 aliphatic carbocycles. The summed E-state index contributed by atoms with van der Waals surface area (Å²) in [5.41, 5.74) is 9.31. The van der Waals surface area contributed by atoms with Crippen molar-refractivity contribution in [1.29, 1.82) is 0 Å². The summed E-state index contributed by atoms with van der Waals surface area (Å²) in [7, 11) is 1.88. The molecule has 200 valence electrons. The Hall–Kier alpha value is -3.60. The number of nitrogens with zero attached hydrogens (tertiary/aromatic N) is 4. The Morgan fingerprint density at radius 2 is 1.82 bits per heavy atom. The molecule has 4 rings (SSSR count). The van der Waals surface area contributed by atoms with Crippen LogP contribution >= 0.6 is 0 Å². The van der Waals surface area contributed by atoms with Crippen LogP contribution in [0.3, 0.4) is 0 Å². The van der Waals surface area contributed by atoms with Crippen LogP contribution in [0.2, 0.25) is 25.7 Å². The fourth-order valence-electron chi connectivity index (χ4n) is 4.11. The minimum Gasteiger partial charge on any atom is -0.383 e. The number of nitrogens with two attached hydrogens (primary N) is 1. The van der Waals surface area contributed by atoms with E-state index in [1.54, 1.807) is 50.8 Å². The number of aliphatic hydroxyl groups excluding tert-OH is 1. The predicted molar refractivity (Wildman–Crippen MR) is 151 cm³/mol. The first kappa shape index (κ1) is 27.4. The number of hydrogen-bond acceptors (Lipinski definition) is 6. The number of halogens is 1. The molecule has 0 spiro atoms. The van der Waals surface area contributed by atoms with Gasteiger partial charge in [-0.3, -0.25) is 4.79 Å². The number of carbonyl (C=O) groups is 1. The van der Waals surface area contributed by atoms with E-state index in [-0.39, 0.29) is 17.2 Å². The van der Waals surface area contributed by atoms with Crippen molar-refractivity contribution >= 4 is 30.8 Å². The zero-order valence-corrected chi connectivity index (χ0v) is 23.4. The number of carbonyl (C=O) groups excluding carboxylic acids is 1. The molecule has 38 heavy (non-hydrogen) atoms. The number of rotatable bonds is 9. The number of nitrogen functional groups attached to an aromatic ring is 1. The molecule has 0 aliphatic heterocycles. The number of pyridine rings is 2. The summed E-state index contributed by atoms with van der Waals surface area (Å²) in [6.45, 7) is 7.85. The van der Waals surface area contributed by atoms with Crippen LogP contribution in [0.25, 0.3) is 33.3 Å². The minimum atomic E-state index is -1.45. The highest BCUT2D eigenvalue weighted by Gasteiger charge is 2.23. The second-order valence-corrected chi connectivity index (χ2v) is 16.4. The number of benzene rings is 1. The van der Waals surface area contributed by atoms with Gasteiger partial charge in [0.1, 0.15) is 24.0 Å². The van der Waals surface area contributed by atoms with Crippen LogP contribution in [0.15, 0.2) is 55.0 Å². The molecule has 0 saturated carbocycles. The van der Waals surface area contributed by atoms with Crippen molar-refractivity contribution in [3.05, 3.63) is 66.4 Å². The van der Waals surface area contributed by atoms with Crippen LogP contribution in [-0.4, -0.2) is 59.2 Å². The van der Waals surface area contributed by atoms with Crippen molar-refractivity contribution in [1.82, 2.24) is 19.4 Å². The summed E-state index contributed by atoms with van der Waals surface area (Å²) in [6, 6.07) is 11.2. The van der Waals surface area contributed by atoms with Crippen molar-refractivity contribution in [2.24, 2.45) is 0 Å². The fourth-order valence-corrected chi connectivity index (χ4v) is 4.87. The smallest absolute Gasteiger partial charge is 0.255 e. The zero-order chi connectivity index (χ0) is 27.6. The molecule has 4 aromatic rings. The highest BCUT2D eigenvalue weighted by atomic mass is 28.3. The van der Waals surface area contributed by atoms with Gasteiger partial charge in [-0.15, -0.1) is 0 Å². The second-order valence-electron chi connectivity index (χ2n) is 10.8. The predicted octanol–water partition coefficient (Wildman–Crippen LogP) is 4.92. The second kappa shape index (κ2) is 11.0. The summed E-state index contributed by atoms with van der Waals surface area (Å²) < 4.78 is 22.7. The van der Waals surface area contributed by atoms with Crippen LogP contribution < -0.4 is 5.73 Å². The van der Waals surface area contributed by atoms with Crippen molar-refractivity contribution in [2.45, 2.75) is 38.5 Å². The standard InChI is InChI=1S/C28H34FN5O3Si/c1-33(2)28(36)25(35)22-13-19(14-31-26(22)30)18-12-21-23(20-8-6-7-9-24(20)29)16-34(27(21)32-15-18)17-37-10-11-38(3,4)5/h6-9,12-16,25,35H,10-11,17H2,1-5H3,(H2,30,31). The third-order valence-corrected chi connectivity index (χ3v) is 8.06. The van der Waals surface area contributed by atoms with Crippen molar-refractivity contribution in [3.8, 4) is 22.3 Å². The topological polar surface area (TPSA) is 106 Å². The Kier molecular flexibility index (Phi) is 7.96. The normalized spacial score (nSPS) is 12.6. The highest BCUT2D eigenvalue weighted by molar-refractivity contribution is 6.76. The number of anilines is 1. The molecule has 10 heteroatoms. The molecule has 3 aromatic heterocycles. The van der Waals surface area contributed by atoms with Crippen LogP contribution in [0.4, 0.5) is 10.2 Å². The van der Waals surface area contributed by atoms with Crippen molar-refractivity contribution in [3.63, 3.8) is 0 Å². The molecule has 0 saturated heterocycles. The first-order valence-electron chi connectivity index (χ1n) is 12.4. The van der Waals surface area contributed by atoms with Gasteiger partial charge in [-0.25, -0.2) is 14.4 Å². The van der Waals surface area contributed by atoms with Crippen LogP contribution in [0, 0.1) is 5.82 Å². The summed E-state index contributed by atoms with van der Waals surface area (Å²) in [5, 5.41) is 11.3. The van der Waals surface area contributed by atoms with Gasteiger partial charge in [-0.1, -0.05) is 37.8 Å². The SMILES string of the molecule is CN(C)C(=O)C(O)c1cc(-c2cnc3c(c2)c(-c2ccccc2F)cn3COCC[Si](C)(C)C)cnc1N. The lowest BCUT2D eigenvalue weighted by Crippen LogP contribution is -2.28. The summed E-state index contributed by atoms with van der Waals surface area (Å²) in [6.07, 6.45) is 3.66. The average Bonchev–Trinajstić information content (AvgIpc) is 3.23. The number of hydrogen-bond donors (Lipinski definition) is 2. The van der Waals surface area contributed by atoms with Crippen LogP contribution in [0.5, 0.6) is 0 Å². The molecule has 1 amide bonds. The van der Waals surface area contributed by atoms with Crippen molar-refractivity contribution in [2.75, 3.05) is 26.4 Å². The van der Waals surface area contributed by atoms with Gasteiger partial charge in [0.05, 0.1) is 0 Å². The Bertz CT molecular complexity index is 1460. The van der Waals surface area contributed by atoms with Crippen LogP contribution in [0.1, 0.15) is 11.7 Å². The molecule has 3 heterocycles. The van der Waals surface area contributed by atoms with E-state index < -0.39 is 20.1 Å². The van der Waals surface area contributed by atoms with Gasteiger partial charge in [0.15, 0.2) is 6.10 Å². The lowest BCUT2D eigenvalue weighted by Gasteiger charge is -2.18. The fraction of sp³-hybridized carbons (Fsp3) is 0.321. The maximum absolute atomic E-state index is 14.9. The molecule has 3 N–H and O–H groups in total. The van der Waals surface area contributed by atoms with E-state index in [0.717, 1.165) is 11.4 Å². The lowest BCUT2D eigenvalue weighted by molar-refractivity contribution is -0.137. The molecule has 1 unspecified atom stereocenters. The van der Waals surface area contributed by atoms with E-state index in [1.807, 2.05) is 16.8 Å². The first-order valence-corrected chi connectivity index (χ1v) is 16.1. The monoisotopic (exact) mass is 535 g/mol. The zero-order valence-electron chi connectivity index (χ0n) is 22.4. The maximum atomic E-state index is 14.9. The van der Waals surface area contributed by atoms with Gasteiger partial charge in [-0.05, 0) is 24.2 Å². The van der Waals surface area contributed by atoms with Crippen molar-refractivity contribution < 1.29 is 19.0 Å². The van der Waals surface area contributed by atoms with Gasteiger partial charge in [0.2, 0.25) is 0 Å². The molecule has 1 aromatic carbocycles. The molecule has 0 fully saturated rings. The maximum Gasteiger partial charge on any atom is 0.255 e.